The number of carbonyl (C=O) groups excluding carboxylic acids is 1. The fourth-order valence-electron chi connectivity index (χ4n) is 2.90. The minimum atomic E-state index is -0.304. The molecular formula is C16H23NO3. The highest BCUT2D eigenvalue weighted by Crippen LogP contribution is 2.30. The Morgan fingerprint density at radius 2 is 2.00 bits per heavy atom. The Morgan fingerprint density at radius 1 is 1.30 bits per heavy atom. The molecule has 1 aromatic rings. The van der Waals surface area contributed by atoms with Gasteiger partial charge in [-0.1, -0.05) is 18.6 Å². The molecule has 2 atom stereocenters. The molecule has 0 heterocycles. The van der Waals surface area contributed by atoms with Crippen molar-refractivity contribution in [2.75, 3.05) is 20.3 Å². The van der Waals surface area contributed by atoms with E-state index >= 15 is 0 Å². The first-order chi connectivity index (χ1) is 9.74. The molecule has 0 amide bonds. The molecule has 1 aliphatic rings. The first-order valence-corrected chi connectivity index (χ1v) is 7.23. The number of aliphatic hydroxyl groups excluding tert-OH is 1. The number of hydrogen-bond donors (Lipinski definition) is 2. The van der Waals surface area contributed by atoms with Crippen LogP contribution in [0, 0.1) is 11.8 Å². The summed E-state index contributed by atoms with van der Waals surface area (Å²) in [6.45, 7) is 2.04. The van der Waals surface area contributed by atoms with E-state index in [1.54, 1.807) is 12.1 Å². The zero-order valence-corrected chi connectivity index (χ0v) is 12.0. The molecule has 4 heteroatoms. The molecule has 0 aliphatic heterocycles. The minimum absolute atomic E-state index is 0.304. The summed E-state index contributed by atoms with van der Waals surface area (Å²) in [5.74, 6) is 0.750. The fraction of sp³-hybridized carbons (Fsp3) is 0.562. The van der Waals surface area contributed by atoms with Crippen LogP contribution in [0.15, 0.2) is 24.3 Å². The van der Waals surface area contributed by atoms with Crippen molar-refractivity contribution in [1.82, 2.24) is 5.32 Å². The predicted octanol–water partition coefficient (Wildman–Crippen LogP) is 1.97. The van der Waals surface area contributed by atoms with Crippen molar-refractivity contribution in [3.8, 4) is 0 Å². The van der Waals surface area contributed by atoms with E-state index in [0.29, 0.717) is 24.0 Å². The van der Waals surface area contributed by atoms with Crippen LogP contribution in [0.5, 0.6) is 0 Å². The molecule has 0 saturated heterocycles. The van der Waals surface area contributed by atoms with Crippen molar-refractivity contribution in [3.05, 3.63) is 35.4 Å². The topological polar surface area (TPSA) is 58.6 Å². The molecule has 0 aromatic heterocycles. The summed E-state index contributed by atoms with van der Waals surface area (Å²) in [6.07, 6.45) is 3.58. The summed E-state index contributed by atoms with van der Waals surface area (Å²) >= 11 is 0. The average molecular weight is 277 g/mol. The summed E-state index contributed by atoms with van der Waals surface area (Å²) < 4.78 is 4.67. The summed E-state index contributed by atoms with van der Waals surface area (Å²) in [7, 11) is 1.39. The normalized spacial score (nSPS) is 21.9. The molecule has 1 aromatic carbocycles. The molecule has 1 saturated carbocycles. The zero-order chi connectivity index (χ0) is 14.4. The molecule has 110 valence electrons. The van der Waals surface area contributed by atoms with Gasteiger partial charge in [0.1, 0.15) is 0 Å². The van der Waals surface area contributed by atoms with Crippen molar-refractivity contribution >= 4 is 5.97 Å². The van der Waals surface area contributed by atoms with Crippen LogP contribution in [-0.2, 0) is 11.3 Å². The SMILES string of the molecule is COC(=O)c1ccc(CNCC2CCCC2CO)cc1. The maximum atomic E-state index is 11.3. The second kappa shape index (κ2) is 7.41. The van der Waals surface area contributed by atoms with Crippen molar-refractivity contribution in [2.24, 2.45) is 11.8 Å². The van der Waals surface area contributed by atoms with Crippen LogP contribution >= 0.6 is 0 Å². The van der Waals surface area contributed by atoms with Gasteiger partial charge in [0.05, 0.1) is 12.7 Å². The first-order valence-electron chi connectivity index (χ1n) is 7.23. The molecule has 1 aliphatic carbocycles. The second-order valence-corrected chi connectivity index (χ2v) is 5.45. The second-order valence-electron chi connectivity index (χ2n) is 5.45. The van der Waals surface area contributed by atoms with E-state index in [2.05, 4.69) is 10.1 Å². The van der Waals surface area contributed by atoms with E-state index in [-0.39, 0.29) is 5.97 Å². The lowest BCUT2D eigenvalue weighted by Gasteiger charge is -2.17. The van der Waals surface area contributed by atoms with Gasteiger partial charge in [-0.05, 0) is 48.9 Å². The quantitative estimate of drug-likeness (QED) is 0.781. The van der Waals surface area contributed by atoms with Crippen LogP contribution in [0.25, 0.3) is 0 Å². The van der Waals surface area contributed by atoms with E-state index < -0.39 is 0 Å². The Balaban J connectivity index is 1.78. The highest BCUT2D eigenvalue weighted by atomic mass is 16.5. The number of esters is 1. The lowest BCUT2D eigenvalue weighted by Crippen LogP contribution is -2.26. The van der Waals surface area contributed by atoms with Gasteiger partial charge in [0.2, 0.25) is 0 Å². The number of aliphatic hydroxyl groups is 1. The van der Waals surface area contributed by atoms with E-state index in [4.69, 9.17) is 0 Å². The molecule has 0 spiro atoms. The monoisotopic (exact) mass is 277 g/mol. The van der Waals surface area contributed by atoms with Crippen LogP contribution < -0.4 is 5.32 Å². The molecule has 2 N–H and O–H groups in total. The number of benzene rings is 1. The van der Waals surface area contributed by atoms with Gasteiger partial charge in [0, 0.05) is 13.2 Å². The molecule has 20 heavy (non-hydrogen) atoms. The van der Waals surface area contributed by atoms with Gasteiger partial charge in [0.25, 0.3) is 0 Å². The van der Waals surface area contributed by atoms with Crippen LogP contribution in [0.4, 0.5) is 0 Å². The standard InChI is InChI=1S/C16H23NO3/c1-20-16(19)13-7-5-12(6-8-13)9-17-10-14-3-2-4-15(14)11-18/h5-8,14-15,17-18H,2-4,9-11H2,1H3. The first kappa shape index (κ1) is 15.0. The molecule has 2 rings (SSSR count). The molecule has 4 nitrogen and oxygen atoms in total. The van der Waals surface area contributed by atoms with Crippen molar-refractivity contribution < 1.29 is 14.6 Å². The third-order valence-electron chi connectivity index (χ3n) is 4.16. The van der Waals surface area contributed by atoms with E-state index in [0.717, 1.165) is 25.1 Å². The Morgan fingerprint density at radius 3 is 2.65 bits per heavy atom. The van der Waals surface area contributed by atoms with Gasteiger partial charge in [-0.2, -0.15) is 0 Å². The number of hydrogen-bond acceptors (Lipinski definition) is 4. The van der Waals surface area contributed by atoms with Crippen LogP contribution in [0.2, 0.25) is 0 Å². The Labute approximate surface area is 120 Å². The maximum absolute atomic E-state index is 11.3. The highest BCUT2D eigenvalue weighted by Gasteiger charge is 2.25. The van der Waals surface area contributed by atoms with Gasteiger partial charge in [-0.15, -0.1) is 0 Å². The number of methoxy groups -OCH3 is 1. The van der Waals surface area contributed by atoms with Crippen LogP contribution in [0.1, 0.15) is 35.2 Å². The summed E-state index contributed by atoms with van der Waals surface area (Å²) in [5, 5.41) is 12.7. The molecular weight excluding hydrogens is 254 g/mol. The Kier molecular flexibility index (Phi) is 5.56. The summed E-state index contributed by atoms with van der Waals surface area (Å²) in [5.41, 5.74) is 1.73. The molecule has 1 fully saturated rings. The van der Waals surface area contributed by atoms with Gasteiger partial charge < -0.3 is 15.2 Å². The third kappa shape index (κ3) is 3.81. The van der Waals surface area contributed by atoms with E-state index in [1.165, 1.54) is 20.0 Å². The van der Waals surface area contributed by atoms with Crippen molar-refractivity contribution in [2.45, 2.75) is 25.8 Å². The van der Waals surface area contributed by atoms with Gasteiger partial charge in [-0.3, -0.25) is 0 Å². The molecule has 0 bridgehead atoms. The maximum Gasteiger partial charge on any atom is 0.337 e. The molecule has 2 unspecified atom stereocenters. The number of rotatable bonds is 6. The van der Waals surface area contributed by atoms with Gasteiger partial charge in [0.15, 0.2) is 0 Å². The summed E-state index contributed by atoms with van der Waals surface area (Å²) in [6, 6.07) is 7.46. The van der Waals surface area contributed by atoms with Crippen molar-refractivity contribution in [3.63, 3.8) is 0 Å². The van der Waals surface area contributed by atoms with Crippen LogP contribution in [0.3, 0.4) is 0 Å². The highest BCUT2D eigenvalue weighted by molar-refractivity contribution is 5.89. The number of ether oxygens (including phenoxy) is 1. The third-order valence-corrected chi connectivity index (χ3v) is 4.16. The van der Waals surface area contributed by atoms with E-state index in [1.807, 2.05) is 12.1 Å². The van der Waals surface area contributed by atoms with Gasteiger partial charge >= 0.3 is 5.97 Å². The lowest BCUT2D eigenvalue weighted by molar-refractivity contribution is 0.0600. The zero-order valence-electron chi connectivity index (χ0n) is 12.0. The summed E-state index contributed by atoms with van der Waals surface area (Å²) in [4.78, 5) is 11.3. The van der Waals surface area contributed by atoms with Crippen molar-refractivity contribution in [1.29, 1.82) is 0 Å². The Bertz CT molecular complexity index is 430. The number of carbonyl (C=O) groups is 1. The largest absolute Gasteiger partial charge is 0.465 e. The van der Waals surface area contributed by atoms with Crippen LogP contribution in [-0.4, -0.2) is 31.3 Å². The smallest absolute Gasteiger partial charge is 0.337 e. The molecule has 0 radical (unpaired) electrons. The Hall–Kier alpha value is -1.39. The number of nitrogens with one attached hydrogen (secondary N) is 1. The minimum Gasteiger partial charge on any atom is -0.465 e. The van der Waals surface area contributed by atoms with Gasteiger partial charge in [-0.25, -0.2) is 4.79 Å². The van der Waals surface area contributed by atoms with E-state index in [9.17, 15) is 9.90 Å². The fourth-order valence-corrected chi connectivity index (χ4v) is 2.90. The average Bonchev–Trinajstić information content (AvgIpc) is 2.94. The predicted molar refractivity (Wildman–Crippen MR) is 77.4 cm³/mol. The lowest BCUT2D eigenvalue weighted by atomic mass is 9.97.